The molecule has 3 aromatic carbocycles. The third-order valence-corrected chi connectivity index (χ3v) is 4.76. The smallest absolute Gasteiger partial charge is 0.129 e. The van der Waals surface area contributed by atoms with Crippen LogP contribution in [0.25, 0.3) is 0 Å². The molecule has 3 rings (SSSR count). The van der Waals surface area contributed by atoms with Gasteiger partial charge in [0.05, 0.1) is 0 Å². The second-order valence-corrected chi connectivity index (χ2v) is 7.06. The second kappa shape index (κ2) is 8.97. The summed E-state index contributed by atoms with van der Waals surface area (Å²) in [5.41, 5.74) is 2.81. The number of ether oxygens (including phenoxy) is 1. The van der Waals surface area contributed by atoms with Crippen LogP contribution in [0.4, 0.5) is 4.39 Å². The number of nitrogens with one attached hydrogen (secondary N) is 1. The van der Waals surface area contributed by atoms with Crippen molar-refractivity contribution in [1.82, 2.24) is 5.32 Å². The van der Waals surface area contributed by atoms with E-state index in [2.05, 4.69) is 40.3 Å². The van der Waals surface area contributed by atoms with Gasteiger partial charge in [-0.3, -0.25) is 0 Å². The van der Waals surface area contributed by atoms with Crippen LogP contribution in [0.15, 0.2) is 77.3 Å². The molecule has 1 N–H and O–H groups in total. The molecule has 0 bridgehead atoms. The van der Waals surface area contributed by atoms with Crippen molar-refractivity contribution in [2.75, 3.05) is 0 Å². The zero-order chi connectivity index (χ0) is 18.4. The van der Waals surface area contributed by atoms with Crippen molar-refractivity contribution >= 4 is 15.9 Å². The molecule has 0 saturated heterocycles. The molecule has 0 saturated carbocycles. The first kappa shape index (κ1) is 18.6. The number of hydrogen-bond donors (Lipinski definition) is 1. The van der Waals surface area contributed by atoms with Crippen LogP contribution in [0.1, 0.15) is 29.7 Å². The van der Waals surface area contributed by atoms with Gasteiger partial charge in [0.15, 0.2) is 0 Å². The lowest BCUT2D eigenvalue weighted by molar-refractivity contribution is 0.295. The molecule has 0 spiro atoms. The molecule has 0 aromatic heterocycles. The van der Waals surface area contributed by atoms with Crippen molar-refractivity contribution in [3.05, 3.63) is 99.8 Å². The first-order valence-electron chi connectivity index (χ1n) is 8.56. The fourth-order valence-corrected chi connectivity index (χ4v) is 3.13. The molecule has 0 aliphatic carbocycles. The van der Waals surface area contributed by atoms with Crippen molar-refractivity contribution in [1.29, 1.82) is 0 Å². The number of benzene rings is 3. The third kappa shape index (κ3) is 4.93. The molecule has 1 atom stereocenters. The van der Waals surface area contributed by atoms with E-state index in [1.165, 1.54) is 11.6 Å². The van der Waals surface area contributed by atoms with Gasteiger partial charge in [-0.2, -0.15) is 0 Å². The highest BCUT2D eigenvalue weighted by molar-refractivity contribution is 9.10. The van der Waals surface area contributed by atoms with E-state index in [9.17, 15) is 4.39 Å². The maximum absolute atomic E-state index is 13.8. The predicted octanol–water partition coefficient (Wildman–Crippen LogP) is 6.02. The number of rotatable bonds is 7. The molecule has 2 nitrogen and oxygen atoms in total. The van der Waals surface area contributed by atoms with E-state index in [0.717, 1.165) is 15.8 Å². The van der Waals surface area contributed by atoms with Crippen LogP contribution < -0.4 is 10.1 Å². The van der Waals surface area contributed by atoms with E-state index in [1.54, 1.807) is 12.1 Å². The van der Waals surface area contributed by atoms with E-state index < -0.39 is 0 Å². The molecular formula is C22H21BrFNO. The average Bonchev–Trinajstić information content (AvgIpc) is 2.67. The topological polar surface area (TPSA) is 21.3 Å². The molecule has 134 valence electrons. The highest BCUT2D eigenvalue weighted by Crippen LogP contribution is 2.25. The Labute approximate surface area is 162 Å². The Bertz CT molecular complexity index is 854. The Balaban J connectivity index is 1.69. The van der Waals surface area contributed by atoms with Gasteiger partial charge in [-0.15, -0.1) is 0 Å². The Hall–Kier alpha value is -2.17. The first-order valence-corrected chi connectivity index (χ1v) is 9.36. The van der Waals surface area contributed by atoms with E-state index >= 15 is 0 Å². The third-order valence-electron chi connectivity index (χ3n) is 4.26. The van der Waals surface area contributed by atoms with E-state index in [-0.39, 0.29) is 18.5 Å². The van der Waals surface area contributed by atoms with Gasteiger partial charge < -0.3 is 10.1 Å². The van der Waals surface area contributed by atoms with Crippen LogP contribution in [-0.2, 0) is 13.2 Å². The quantitative estimate of drug-likeness (QED) is 0.511. The first-order chi connectivity index (χ1) is 12.6. The molecular weight excluding hydrogens is 393 g/mol. The van der Waals surface area contributed by atoms with Crippen LogP contribution in [-0.4, -0.2) is 0 Å². The van der Waals surface area contributed by atoms with Crippen molar-refractivity contribution in [3.8, 4) is 5.75 Å². The standard InChI is InChI=1S/C22H21BrFNO/c1-16(17-7-3-2-4-8-17)25-14-19-13-20(23)11-12-22(19)26-15-18-9-5-6-10-21(18)24/h2-13,16,25H,14-15H2,1H3/t16-/m1/s1. The minimum atomic E-state index is -0.248. The Morgan fingerprint density at radius 3 is 2.46 bits per heavy atom. The summed E-state index contributed by atoms with van der Waals surface area (Å²) in [6.45, 7) is 2.99. The summed E-state index contributed by atoms with van der Waals surface area (Å²) in [5, 5.41) is 3.52. The van der Waals surface area contributed by atoms with Crippen molar-refractivity contribution in [3.63, 3.8) is 0 Å². The molecule has 4 heteroatoms. The van der Waals surface area contributed by atoms with Gasteiger partial charge in [0.2, 0.25) is 0 Å². The van der Waals surface area contributed by atoms with Crippen LogP contribution in [0.5, 0.6) is 5.75 Å². The summed E-state index contributed by atoms with van der Waals surface area (Å²) in [5.74, 6) is 0.506. The molecule has 0 aliphatic heterocycles. The monoisotopic (exact) mass is 413 g/mol. The fourth-order valence-electron chi connectivity index (χ4n) is 2.72. The van der Waals surface area contributed by atoms with Crippen molar-refractivity contribution in [2.24, 2.45) is 0 Å². The molecule has 0 radical (unpaired) electrons. The minimum absolute atomic E-state index is 0.204. The summed E-state index contributed by atoms with van der Waals surface area (Å²) in [6.07, 6.45) is 0. The predicted molar refractivity (Wildman–Crippen MR) is 107 cm³/mol. The lowest BCUT2D eigenvalue weighted by Gasteiger charge is -2.17. The Morgan fingerprint density at radius 2 is 1.69 bits per heavy atom. The van der Waals surface area contributed by atoms with Crippen LogP contribution in [0.2, 0.25) is 0 Å². The van der Waals surface area contributed by atoms with Crippen molar-refractivity contribution < 1.29 is 9.13 Å². The highest BCUT2D eigenvalue weighted by Gasteiger charge is 2.10. The van der Waals surface area contributed by atoms with Gasteiger partial charge in [-0.05, 0) is 36.8 Å². The summed E-state index contributed by atoms with van der Waals surface area (Å²) in [4.78, 5) is 0. The van der Waals surface area contributed by atoms with Crippen LogP contribution in [0.3, 0.4) is 0 Å². The normalized spacial score (nSPS) is 12.0. The summed E-state index contributed by atoms with van der Waals surface area (Å²) in [6, 6.07) is 23.1. The molecule has 0 unspecified atom stereocenters. The lowest BCUT2D eigenvalue weighted by Crippen LogP contribution is -2.18. The van der Waals surface area contributed by atoms with Gasteiger partial charge in [0.25, 0.3) is 0 Å². The van der Waals surface area contributed by atoms with Crippen molar-refractivity contribution in [2.45, 2.75) is 26.1 Å². The second-order valence-electron chi connectivity index (χ2n) is 6.15. The zero-order valence-electron chi connectivity index (χ0n) is 14.6. The van der Waals surface area contributed by atoms with E-state index in [0.29, 0.717) is 12.1 Å². The molecule has 0 amide bonds. The van der Waals surface area contributed by atoms with Gasteiger partial charge >= 0.3 is 0 Å². The lowest BCUT2D eigenvalue weighted by atomic mass is 10.1. The summed E-state index contributed by atoms with van der Waals surface area (Å²) >= 11 is 3.51. The zero-order valence-corrected chi connectivity index (χ0v) is 16.2. The van der Waals surface area contributed by atoms with Gasteiger partial charge in [0.1, 0.15) is 18.2 Å². The largest absolute Gasteiger partial charge is 0.488 e. The Morgan fingerprint density at radius 1 is 0.962 bits per heavy atom. The Kier molecular flexibility index (Phi) is 6.42. The van der Waals surface area contributed by atoms with E-state index in [1.807, 2.05) is 42.5 Å². The highest BCUT2D eigenvalue weighted by atomic mass is 79.9. The summed E-state index contributed by atoms with van der Waals surface area (Å²) in [7, 11) is 0. The number of hydrogen-bond acceptors (Lipinski definition) is 2. The van der Waals surface area contributed by atoms with Gasteiger partial charge in [0, 0.05) is 28.2 Å². The van der Waals surface area contributed by atoms with Gasteiger partial charge in [-0.25, -0.2) is 4.39 Å². The minimum Gasteiger partial charge on any atom is -0.488 e. The van der Waals surface area contributed by atoms with Crippen LogP contribution in [0, 0.1) is 5.82 Å². The molecule has 26 heavy (non-hydrogen) atoms. The van der Waals surface area contributed by atoms with E-state index in [4.69, 9.17) is 4.74 Å². The molecule has 0 heterocycles. The van der Waals surface area contributed by atoms with Gasteiger partial charge in [-0.1, -0.05) is 64.5 Å². The SMILES string of the molecule is C[C@@H](NCc1cc(Br)ccc1OCc1ccccc1F)c1ccccc1. The average molecular weight is 414 g/mol. The maximum Gasteiger partial charge on any atom is 0.129 e. The molecule has 0 aliphatic rings. The number of halogens is 2. The molecule has 0 fully saturated rings. The molecule has 3 aromatic rings. The summed E-state index contributed by atoms with van der Waals surface area (Å²) < 4.78 is 20.7. The van der Waals surface area contributed by atoms with Crippen LogP contribution >= 0.6 is 15.9 Å². The maximum atomic E-state index is 13.8. The fraction of sp³-hybridized carbons (Fsp3) is 0.182.